The van der Waals surface area contributed by atoms with Crippen molar-refractivity contribution in [1.29, 1.82) is 0 Å². The van der Waals surface area contributed by atoms with E-state index in [1.165, 1.54) is 11.5 Å². The molecule has 10 heteroatoms. The molecule has 35 heavy (non-hydrogen) atoms. The molecule has 2 aliphatic rings. The number of nitrogens with zero attached hydrogens (tertiary/aromatic N) is 5. The molecule has 1 saturated heterocycles. The zero-order valence-corrected chi connectivity index (χ0v) is 21.7. The number of hydrogen-bond acceptors (Lipinski definition) is 8. The van der Waals surface area contributed by atoms with Crippen LogP contribution in [0.5, 0.6) is 0 Å². The fraction of sp³-hybridized carbons (Fsp3) is 0.400. The second-order valence-electron chi connectivity index (χ2n) is 9.16. The van der Waals surface area contributed by atoms with Gasteiger partial charge in [0.25, 0.3) is 0 Å². The fourth-order valence-electron chi connectivity index (χ4n) is 5.16. The average Bonchev–Trinajstić information content (AvgIpc) is 3.23. The number of primary amides is 1. The maximum Gasteiger partial charge on any atom is 0.228 e. The van der Waals surface area contributed by atoms with Gasteiger partial charge in [-0.25, -0.2) is 4.98 Å². The molecule has 3 heterocycles. The maximum atomic E-state index is 12.5. The molecule has 1 aromatic carbocycles. The third kappa shape index (κ3) is 4.81. The van der Waals surface area contributed by atoms with E-state index < -0.39 is 17.2 Å². The lowest BCUT2D eigenvalue weighted by molar-refractivity contribution is -0.135. The summed E-state index contributed by atoms with van der Waals surface area (Å²) in [7, 11) is 0. The minimum absolute atomic E-state index is 0.0887. The summed E-state index contributed by atoms with van der Waals surface area (Å²) in [5, 5.41) is 0.872. The van der Waals surface area contributed by atoms with Crippen LogP contribution in [0.25, 0.3) is 0 Å². The van der Waals surface area contributed by atoms with Gasteiger partial charge in [-0.3, -0.25) is 14.6 Å². The summed E-state index contributed by atoms with van der Waals surface area (Å²) >= 11 is 4.90. The summed E-state index contributed by atoms with van der Waals surface area (Å²) in [5.41, 5.74) is 7.14. The van der Waals surface area contributed by atoms with Gasteiger partial charge >= 0.3 is 0 Å². The van der Waals surface area contributed by atoms with Gasteiger partial charge < -0.3 is 15.5 Å². The first-order valence-corrected chi connectivity index (χ1v) is 13.3. The van der Waals surface area contributed by atoms with Crippen LogP contribution in [-0.2, 0) is 15.0 Å². The topological polar surface area (TPSA) is 105 Å². The van der Waals surface area contributed by atoms with Gasteiger partial charge in [0.1, 0.15) is 5.78 Å². The molecule has 1 saturated carbocycles. The predicted octanol–water partition coefficient (Wildman–Crippen LogP) is 3.55. The average molecular weight is 556 g/mol. The van der Waals surface area contributed by atoms with E-state index in [9.17, 15) is 9.59 Å². The van der Waals surface area contributed by atoms with Crippen LogP contribution in [0.1, 0.15) is 37.1 Å². The van der Waals surface area contributed by atoms with Crippen molar-refractivity contribution in [2.45, 2.75) is 31.1 Å². The van der Waals surface area contributed by atoms with Gasteiger partial charge in [-0.1, -0.05) is 30.3 Å². The van der Waals surface area contributed by atoms with Crippen LogP contribution >= 0.6 is 27.5 Å². The monoisotopic (exact) mass is 554 g/mol. The van der Waals surface area contributed by atoms with Crippen LogP contribution in [0.4, 0.5) is 10.8 Å². The number of ketones is 1. The van der Waals surface area contributed by atoms with Gasteiger partial charge in [0.15, 0.2) is 5.82 Å². The number of carbonyl (C=O) groups is 2. The third-order valence-corrected chi connectivity index (χ3v) is 8.29. The van der Waals surface area contributed by atoms with Crippen LogP contribution in [0.2, 0.25) is 0 Å². The van der Waals surface area contributed by atoms with Crippen LogP contribution in [0.15, 0.2) is 53.3 Å². The number of hydrogen-bond donors (Lipinski definition) is 1. The van der Waals surface area contributed by atoms with Crippen LogP contribution < -0.4 is 15.5 Å². The van der Waals surface area contributed by atoms with E-state index in [1.807, 2.05) is 36.5 Å². The lowest BCUT2D eigenvalue weighted by Gasteiger charge is -2.37. The Labute approximate surface area is 216 Å². The normalized spacial score (nSPS) is 23.2. The number of nitrogens with two attached hydrogens (primary N) is 1. The molecule has 0 spiro atoms. The number of benzene rings is 1. The maximum absolute atomic E-state index is 12.5. The number of rotatable bonds is 5. The molecule has 2 atom stereocenters. The third-order valence-electron chi connectivity index (χ3n) is 7.07. The summed E-state index contributed by atoms with van der Waals surface area (Å²) in [6, 6.07) is 12.1. The molecule has 1 amide bonds. The zero-order valence-electron chi connectivity index (χ0n) is 19.3. The van der Waals surface area contributed by atoms with Crippen molar-refractivity contribution in [3.8, 4) is 0 Å². The largest absolute Gasteiger partial charge is 0.369 e. The Balaban J connectivity index is 1.41. The van der Waals surface area contributed by atoms with Gasteiger partial charge in [-0.15, -0.1) is 0 Å². The second kappa shape index (κ2) is 10.0. The SMILES string of the molecule is NC(=O)C1CC(c2ccccc2)(c2nsc(N3CCCN(c4cncc(Br)c4)CC3)n2)CCC1=O. The minimum Gasteiger partial charge on any atom is -0.369 e. The van der Waals surface area contributed by atoms with Crippen molar-refractivity contribution < 1.29 is 9.59 Å². The smallest absolute Gasteiger partial charge is 0.228 e. The minimum atomic E-state index is -0.818. The highest BCUT2D eigenvalue weighted by molar-refractivity contribution is 9.10. The van der Waals surface area contributed by atoms with Crippen LogP contribution in [-0.4, -0.2) is 52.2 Å². The first-order chi connectivity index (χ1) is 17.0. The van der Waals surface area contributed by atoms with Crippen molar-refractivity contribution >= 4 is 50.0 Å². The molecule has 0 radical (unpaired) electrons. The Morgan fingerprint density at radius 2 is 1.89 bits per heavy atom. The van der Waals surface area contributed by atoms with Gasteiger partial charge in [0.05, 0.1) is 23.2 Å². The summed E-state index contributed by atoms with van der Waals surface area (Å²) in [6.07, 6.45) is 5.84. The summed E-state index contributed by atoms with van der Waals surface area (Å²) < 4.78 is 5.77. The van der Waals surface area contributed by atoms with Gasteiger partial charge in [-0.2, -0.15) is 4.37 Å². The van der Waals surface area contributed by atoms with E-state index in [4.69, 9.17) is 15.1 Å². The summed E-state index contributed by atoms with van der Waals surface area (Å²) in [6.45, 7) is 3.50. The van der Waals surface area contributed by atoms with E-state index in [-0.39, 0.29) is 12.2 Å². The van der Waals surface area contributed by atoms with E-state index in [0.717, 1.165) is 53.5 Å². The number of carbonyl (C=O) groups excluding carboxylic acids is 2. The first kappa shape index (κ1) is 23.9. The van der Waals surface area contributed by atoms with Crippen molar-refractivity contribution in [3.05, 3.63) is 64.7 Å². The number of amides is 1. The van der Waals surface area contributed by atoms with Crippen molar-refractivity contribution in [3.63, 3.8) is 0 Å². The first-order valence-electron chi connectivity index (χ1n) is 11.8. The molecule has 182 valence electrons. The molecule has 1 aliphatic carbocycles. The molecule has 5 rings (SSSR count). The summed E-state index contributed by atoms with van der Waals surface area (Å²) in [4.78, 5) is 38.5. The lowest BCUT2D eigenvalue weighted by atomic mass is 9.64. The predicted molar refractivity (Wildman–Crippen MR) is 140 cm³/mol. The molecule has 0 bridgehead atoms. The number of halogens is 1. The highest BCUT2D eigenvalue weighted by Gasteiger charge is 2.47. The molecule has 2 unspecified atom stereocenters. The molecule has 2 fully saturated rings. The van der Waals surface area contributed by atoms with Crippen molar-refractivity contribution in [2.75, 3.05) is 36.0 Å². The number of pyridine rings is 1. The highest BCUT2D eigenvalue weighted by Crippen LogP contribution is 2.45. The molecule has 3 aromatic rings. The highest BCUT2D eigenvalue weighted by atomic mass is 79.9. The molecule has 1 aliphatic heterocycles. The fourth-order valence-corrected chi connectivity index (χ4v) is 6.33. The van der Waals surface area contributed by atoms with Gasteiger partial charge in [0.2, 0.25) is 11.0 Å². The molecule has 2 aromatic heterocycles. The van der Waals surface area contributed by atoms with Crippen LogP contribution in [0.3, 0.4) is 0 Å². The summed E-state index contributed by atoms with van der Waals surface area (Å²) in [5.74, 6) is -0.796. The van der Waals surface area contributed by atoms with E-state index in [0.29, 0.717) is 18.7 Å². The van der Waals surface area contributed by atoms with Crippen LogP contribution in [0, 0.1) is 5.92 Å². The van der Waals surface area contributed by atoms with Crippen molar-refractivity contribution in [1.82, 2.24) is 14.3 Å². The van der Waals surface area contributed by atoms with E-state index in [1.54, 1.807) is 6.20 Å². The van der Waals surface area contributed by atoms with Crippen molar-refractivity contribution in [2.24, 2.45) is 11.7 Å². The van der Waals surface area contributed by atoms with Gasteiger partial charge in [-0.05, 0) is 46.8 Å². The second-order valence-corrected chi connectivity index (χ2v) is 10.8. The molecule has 2 N–H and O–H groups in total. The quantitative estimate of drug-likeness (QED) is 0.480. The Kier molecular flexibility index (Phi) is 6.84. The Bertz CT molecular complexity index is 1220. The molecular weight excluding hydrogens is 528 g/mol. The Hall–Kier alpha value is -2.85. The van der Waals surface area contributed by atoms with E-state index >= 15 is 0 Å². The number of anilines is 2. The van der Waals surface area contributed by atoms with Gasteiger partial charge in [0, 0.05) is 54.8 Å². The number of Topliss-reactive ketones (excluding diaryl/α,β-unsaturated/α-hetero) is 1. The lowest BCUT2D eigenvalue weighted by Crippen LogP contribution is -2.44. The molecular formula is C25H27BrN6O2S. The zero-order chi connectivity index (χ0) is 24.4. The molecule has 8 nitrogen and oxygen atoms in total. The standard InChI is InChI=1S/C25H27BrN6O2S/c26-18-13-19(16-28-15-18)31-9-4-10-32(12-11-31)24-29-23(30-35-24)25(17-5-2-1-3-6-17)8-7-21(33)20(14-25)22(27)34/h1-3,5-6,13,15-16,20H,4,7-12,14H2,(H2,27,34). The Morgan fingerprint density at radius 3 is 2.66 bits per heavy atom. The number of aromatic nitrogens is 3. The Morgan fingerprint density at radius 1 is 1.11 bits per heavy atom. The van der Waals surface area contributed by atoms with E-state index in [2.05, 4.69) is 36.8 Å².